The third-order valence-electron chi connectivity index (χ3n) is 2.21. The molecule has 0 spiro atoms. The van der Waals surface area contributed by atoms with Gasteiger partial charge in [0, 0.05) is 13.2 Å². The summed E-state index contributed by atoms with van der Waals surface area (Å²) >= 11 is 0. The zero-order chi connectivity index (χ0) is 13.1. The van der Waals surface area contributed by atoms with Crippen molar-refractivity contribution < 1.29 is 13.2 Å². The molecule has 3 N–H and O–H groups in total. The lowest BCUT2D eigenvalue weighted by atomic mass is 10.3. The number of nitrogens with two attached hydrogens (primary N) is 1. The van der Waals surface area contributed by atoms with E-state index in [4.69, 9.17) is 10.5 Å². The van der Waals surface area contributed by atoms with Crippen molar-refractivity contribution in [2.75, 3.05) is 25.4 Å². The minimum absolute atomic E-state index is 0.173. The van der Waals surface area contributed by atoms with E-state index in [0.717, 1.165) is 19.3 Å². The van der Waals surface area contributed by atoms with Crippen LogP contribution in [0.4, 0.5) is 0 Å². The van der Waals surface area contributed by atoms with E-state index in [1.165, 1.54) is 0 Å². The van der Waals surface area contributed by atoms with E-state index in [1.54, 1.807) is 0 Å². The highest BCUT2D eigenvalue weighted by atomic mass is 32.2. The summed E-state index contributed by atoms with van der Waals surface area (Å²) in [5, 5.41) is 0. The van der Waals surface area contributed by atoms with Gasteiger partial charge in [-0.2, -0.15) is 0 Å². The molecule has 5 nitrogen and oxygen atoms in total. The van der Waals surface area contributed by atoms with Crippen LogP contribution in [0.5, 0.6) is 0 Å². The van der Waals surface area contributed by atoms with Crippen LogP contribution in [0.1, 0.15) is 39.5 Å². The average Bonchev–Trinajstić information content (AvgIpc) is 2.23. The molecule has 0 aliphatic carbocycles. The first-order chi connectivity index (χ1) is 7.98. The average molecular weight is 266 g/mol. The van der Waals surface area contributed by atoms with E-state index in [0.29, 0.717) is 26.1 Å². The molecule has 0 saturated heterocycles. The lowest BCUT2D eigenvalue weighted by molar-refractivity contribution is 0.0762. The molecule has 0 unspecified atom stereocenters. The molecule has 0 aliphatic rings. The Kier molecular flexibility index (Phi) is 9.72. The number of hydrogen-bond acceptors (Lipinski definition) is 4. The minimum atomic E-state index is -3.10. The minimum Gasteiger partial charge on any atom is -0.379 e. The van der Waals surface area contributed by atoms with Crippen molar-refractivity contribution in [1.82, 2.24) is 4.72 Å². The van der Waals surface area contributed by atoms with Gasteiger partial charge < -0.3 is 10.5 Å². The second kappa shape index (κ2) is 9.82. The molecule has 0 heterocycles. The van der Waals surface area contributed by atoms with Crippen molar-refractivity contribution in [2.45, 2.75) is 45.6 Å². The largest absolute Gasteiger partial charge is 0.379 e. The van der Waals surface area contributed by atoms with Crippen LogP contribution in [0.2, 0.25) is 0 Å². The molecule has 0 saturated carbocycles. The SMILES string of the molecule is CC(C)OCCCCNS(=O)(=O)CCCCN. The molecule has 0 aromatic carbocycles. The molecule has 0 aliphatic heterocycles. The van der Waals surface area contributed by atoms with Crippen molar-refractivity contribution in [3.05, 3.63) is 0 Å². The van der Waals surface area contributed by atoms with Crippen LogP contribution in [0.3, 0.4) is 0 Å². The van der Waals surface area contributed by atoms with Gasteiger partial charge in [0.1, 0.15) is 0 Å². The van der Waals surface area contributed by atoms with E-state index >= 15 is 0 Å². The number of rotatable bonds is 11. The summed E-state index contributed by atoms with van der Waals surface area (Å²) in [6.07, 6.45) is 3.31. The predicted octanol–water partition coefficient (Wildman–Crippen LogP) is 0.850. The van der Waals surface area contributed by atoms with Crippen LogP contribution in [-0.2, 0) is 14.8 Å². The lowest BCUT2D eigenvalue weighted by Crippen LogP contribution is -2.27. The monoisotopic (exact) mass is 266 g/mol. The molecule has 0 aromatic rings. The maximum Gasteiger partial charge on any atom is 0.211 e. The Balaban J connectivity index is 3.46. The molecule has 0 fully saturated rings. The molecular formula is C11H26N2O3S. The van der Waals surface area contributed by atoms with Crippen LogP contribution in [0.15, 0.2) is 0 Å². The summed E-state index contributed by atoms with van der Waals surface area (Å²) in [7, 11) is -3.10. The van der Waals surface area contributed by atoms with Gasteiger partial charge in [0.2, 0.25) is 10.0 Å². The molecule has 0 aromatic heterocycles. The Labute approximate surface area is 105 Å². The Morgan fingerprint density at radius 2 is 1.88 bits per heavy atom. The van der Waals surface area contributed by atoms with Gasteiger partial charge in [-0.15, -0.1) is 0 Å². The predicted molar refractivity (Wildman–Crippen MR) is 70.4 cm³/mol. The number of nitrogens with one attached hydrogen (secondary N) is 1. The fraction of sp³-hybridized carbons (Fsp3) is 1.00. The van der Waals surface area contributed by atoms with Gasteiger partial charge in [-0.3, -0.25) is 0 Å². The van der Waals surface area contributed by atoms with Gasteiger partial charge >= 0.3 is 0 Å². The number of hydrogen-bond donors (Lipinski definition) is 2. The van der Waals surface area contributed by atoms with Gasteiger partial charge in [-0.25, -0.2) is 13.1 Å². The Bertz CT molecular complexity index is 266. The summed E-state index contributed by atoms with van der Waals surface area (Å²) in [5.74, 6) is 0.173. The van der Waals surface area contributed by atoms with Gasteiger partial charge in [0.15, 0.2) is 0 Å². The standard InChI is InChI=1S/C11H26N2O3S/c1-11(2)16-9-5-4-8-13-17(14,15)10-6-3-7-12/h11,13H,3-10,12H2,1-2H3. The summed E-state index contributed by atoms with van der Waals surface area (Å²) in [6.45, 7) is 5.70. The third kappa shape index (κ3) is 12.1. The Morgan fingerprint density at radius 3 is 2.47 bits per heavy atom. The van der Waals surface area contributed by atoms with Crippen molar-refractivity contribution in [3.63, 3.8) is 0 Å². The van der Waals surface area contributed by atoms with Crippen molar-refractivity contribution in [3.8, 4) is 0 Å². The maximum absolute atomic E-state index is 11.5. The summed E-state index contributed by atoms with van der Waals surface area (Å²) in [6, 6.07) is 0. The molecule has 0 radical (unpaired) electrons. The van der Waals surface area contributed by atoms with Gasteiger partial charge in [-0.1, -0.05) is 0 Å². The molecule has 104 valence electrons. The molecule has 6 heteroatoms. The third-order valence-corrected chi connectivity index (χ3v) is 3.68. The Hall–Kier alpha value is -0.170. The lowest BCUT2D eigenvalue weighted by Gasteiger charge is -2.08. The van der Waals surface area contributed by atoms with E-state index in [1.807, 2.05) is 13.8 Å². The first-order valence-electron chi connectivity index (χ1n) is 6.27. The van der Waals surface area contributed by atoms with Crippen LogP contribution in [0, 0.1) is 0 Å². The van der Waals surface area contributed by atoms with Crippen LogP contribution >= 0.6 is 0 Å². The molecule has 17 heavy (non-hydrogen) atoms. The van der Waals surface area contributed by atoms with Crippen molar-refractivity contribution in [2.24, 2.45) is 5.73 Å². The van der Waals surface area contributed by atoms with Crippen LogP contribution in [0.25, 0.3) is 0 Å². The first-order valence-corrected chi connectivity index (χ1v) is 7.92. The van der Waals surface area contributed by atoms with Crippen molar-refractivity contribution in [1.29, 1.82) is 0 Å². The van der Waals surface area contributed by atoms with Crippen LogP contribution in [-0.4, -0.2) is 40.0 Å². The summed E-state index contributed by atoms with van der Waals surface area (Å²) in [5.41, 5.74) is 5.31. The molecule has 0 atom stereocenters. The van der Waals surface area contributed by atoms with Crippen LogP contribution < -0.4 is 10.5 Å². The molecule has 0 rings (SSSR count). The molecule has 0 amide bonds. The second-order valence-electron chi connectivity index (χ2n) is 4.34. The van der Waals surface area contributed by atoms with Crippen molar-refractivity contribution >= 4 is 10.0 Å². The number of sulfonamides is 1. The highest BCUT2D eigenvalue weighted by Crippen LogP contribution is 1.96. The Morgan fingerprint density at radius 1 is 1.18 bits per heavy atom. The van der Waals surface area contributed by atoms with E-state index in [-0.39, 0.29) is 11.9 Å². The zero-order valence-corrected chi connectivity index (χ0v) is 11.8. The van der Waals surface area contributed by atoms with E-state index in [2.05, 4.69) is 4.72 Å². The molecular weight excluding hydrogens is 240 g/mol. The topological polar surface area (TPSA) is 81.4 Å². The summed E-state index contributed by atoms with van der Waals surface area (Å²) < 4.78 is 30.9. The number of ether oxygens (including phenoxy) is 1. The van der Waals surface area contributed by atoms with Gasteiger partial charge in [-0.05, 0) is 46.1 Å². The second-order valence-corrected chi connectivity index (χ2v) is 6.26. The summed E-state index contributed by atoms with van der Waals surface area (Å²) in [4.78, 5) is 0. The quantitative estimate of drug-likeness (QED) is 0.543. The fourth-order valence-electron chi connectivity index (χ4n) is 1.28. The van der Waals surface area contributed by atoms with Gasteiger partial charge in [0.25, 0.3) is 0 Å². The highest BCUT2D eigenvalue weighted by Gasteiger charge is 2.08. The smallest absolute Gasteiger partial charge is 0.211 e. The zero-order valence-electron chi connectivity index (χ0n) is 10.9. The number of unbranched alkanes of at least 4 members (excludes halogenated alkanes) is 2. The first kappa shape index (κ1) is 16.8. The highest BCUT2D eigenvalue weighted by molar-refractivity contribution is 7.89. The van der Waals surface area contributed by atoms with E-state index in [9.17, 15) is 8.42 Å². The van der Waals surface area contributed by atoms with E-state index < -0.39 is 10.0 Å². The van der Waals surface area contributed by atoms with Gasteiger partial charge in [0.05, 0.1) is 11.9 Å². The maximum atomic E-state index is 11.5. The normalized spacial score (nSPS) is 12.2. The fourth-order valence-corrected chi connectivity index (χ4v) is 2.47. The molecule has 0 bridgehead atoms.